The first-order chi connectivity index (χ1) is 11.1. The molecule has 3 heterocycles. The van der Waals surface area contributed by atoms with E-state index in [0.717, 1.165) is 45.2 Å². The van der Waals surface area contributed by atoms with Crippen molar-refractivity contribution in [3.63, 3.8) is 0 Å². The Kier molecular flexibility index (Phi) is 3.50. The minimum Gasteiger partial charge on any atom is -0.381 e. The predicted octanol–water partition coefficient (Wildman–Crippen LogP) is 1.76. The fourth-order valence-corrected chi connectivity index (χ4v) is 4.68. The van der Waals surface area contributed by atoms with Gasteiger partial charge >= 0.3 is 0 Å². The molecule has 2 atom stereocenters. The standard InChI is InChI=1S/C18H23N3O2/c1-23-14-5-4-13-6-8-21-7-2-3-12-9-16(17(19)22)20-11-15(12)18(13,21)10-14/h4,9,11,14H,2-3,5-8,10H2,1H3,(H2,19,22). The van der Waals surface area contributed by atoms with Crippen LogP contribution in [-0.4, -0.2) is 42.1 Å². The third-order valence-electron chi connectivity index (χ3n) is 5.77. The molecule has 1 aromatic rings. The number of rotatable bonds is 2. The number of hydrogen-bond acceptors (Lipinski definition) is 4. The average molecular weight is 313 g/mol. The van der Waals surface area contributed by atoms with Gasteiger partial charge in [-0.25, -0.2) is 0 Å². The molecule has 5 nitrogen and oxygen atoms in total. The SMILES string of the molecule is COC1CC=C2CCN3CCCc4cc(C(N)=O)ncc4C23C1. The van der Waals surface area contributed by atoms with Crippen LogP contribution >= 0.6 is 0 Å². The first-order valence-electron chi connectivity index (χ1n) is 8.41. The molecule has 4 rings (SSSR count). The first-order valence-corrected chi connectivity index (χ1v) is 8.41. The summed E-state index contributed by atoms with van der Waals surface area (Å²) < 4.78 is 5.70. The number of nitrogens with two attached hydrogens (primary N) is 1. The van der Waals surface area contributed by atoms with Crippen LogP contribution in [0.25, 0.3) is 0 Å². The normalized spacial score (nSPS) is 30.0. The summed E-state index contributed by atoms with van der Waals surface area (Å²) >= 11 is 0. The number of aromatic nitrogens is 1. The molecule has 2 N–H and O–H groups in total. The molecule has 0 aromatic carbocycles. The lowest BCUT2D eigenvalue weighted by molar-refractivity contribution is 0.0346. The van der Waals surface area contributed by atoms with Crippen LogP contribution in [0.1, 0.15) is 47.3 Å². The summed E-state index contributed by atoms with van der Waals surface area (Å²) in [6.07, 6.45) is 9.65. The second kappa shape index (κ2) is 5.42. The Morgan fingerprint density at radius 2 is 2.30 bits per heavy atom. The molecule has 2 aliphatic heterocycles. The van der Waals surface area contributed by atoms with Gasteiger partial charge in [0, 0.05) is 26.3 Å². The van der Waals surface area contributed by atoms with Crippen LogP contribution in [0.3, 0.4) is 0 Å². The lowest BCUT2D eigenvalue weighted by Crippen LogP contribution is -2.46. The molecule has 0 saturated carbocycles. The van der Waals surface area contributed by atoms with Gasteiger partial charge in [-0.3, -0.25) is 14.7 Å². The van der Waals surface area contributed by atoms with E-state index in [4.69, 9.17) is 10.5 Å². The van der Waals surface area contributed by atoms with E-state index in [0.29, 0.717) is 5.69 Å². The molecule has 2 unspecified atom stereocenters. The van der Waals surface area contributed by atoms with Crippen molar-refractivity contribution in [2.24, 2.45) is 5.73 Å². The molecule has 1 amide bonds. The van der Waals surface area contributed by atoms with Crippen molar-refractivity contribution in [3.8, 4) is 0 Å². The van der Waals surface area contributed by atoms with Crippen molar-refractivity contribution in [3.05, 3.63) is 40.7 Å². The summed E-state index contributed by atoms with van der Waals surface area (Å²) in [5.74, 6) is -0.452. The van der Waals surface area contributed by atoms with Gasteiger partial charge in [0.1, 0.15) is 5.69 Å². The van der Waals surface area contributed by atoms with E-state index in [1.807, 2.05) is 12.3 Å². The third-order valence-corrected chi connectivity index (χ3v) is 5.77. The van der Waals surface area contributed by atoms with E-state index in [-0.39, 0.29) is 11.6 Å². The highest BCUT2D eigenvalue weighted by Gasteiger charge is 2.50. The van der Waals surface area contributed by atoms with Crippen LogP contribution in [0.5, 0.6) is 0 Å². The number of hydrogen-bond donors (Lipinski definition) is 1. The zero-order valence-electron chi connectivity index (χ0n) is 13.5. The van der Waals surface area contributed by atoms with Gasteiger partial charge in [0.05, 0.1) is 11.6 Å². The maximum absolute atomic E-state index is 11.5. The van der Waals surface area contributed by atoms with E-state index in [2.05, 4.69) is 16.0 Å². The average Bonchev–Trinajstić information content (AvgIpc) is 2.86. The van der Waals surface area contributed by atoms with Gasteiger partial charge in [-0.1, -0.05) is 6.08 Å². The highest BCUT2D eigenvalue weighted by atomic mass is 16.5. The molecule has 1 fully saturated rings. The van der Waals surface area contributed by atoms with Crippen LogP contribution in [0.15, 0.2) is 23.9 Å². The van der Waals surface area contributed by atoms with Crippen LogP contribution < -0.4 is 5.73 Å². The van der Waals surface area contributed by atoms with E-state index in [1.165, 1.54) is 16.7 Å². The van der Waals surface area contributed by atoms with Gasteiger partial charge < -0.3 is 10.5 Å². The maximum atomic E-state index is 11.5. The highest BCUT2D eigenvalue weighted by molar-refractivity contribution is 5.91. The predicted molar refractivity (Wildman–Crippen MR) is 87.1 cm³/mol. The Hall–Kier alpha value is -1.72. The minimum atomic E-state index is -0.452. The van der Waals surface area contributed by atoms with Gasteiger partial charge in [0.2, 0.25) is 0 Å². The Bertz CT molecular complexity index is 685. The summed E-state index contributed by atoms with van der Waals surface area (Å²) in [6.45, 7) is 2.17. The van der Waals surface area contributed by atoms with Crippen LogP contribution in [0, 0.1) is 0 Å². The van der Waals surface area contributed by atoms with Crippen molar-refractivity contribution < 1.29 is 9.53 Å². The molecular weight excluding hydrogens is 290 g/mol. The number of ether oxygens (including phenoxy) is 1. The van der Waals surface area contributed by atoms with E-state index in [9.17, 15) is 4.79 Å². The van der Waals surface area contributed by atoms with Crippen LogP contribution in [0.4, 0.5) is 0 Å². The summed E-state index contributed by atoms with van der Waals surface area (Å²) in [6, 6.07) is 1.91. The Labute approximate surface area is 136 Å². The molecule has 0 radical (unpaired) electrons. The molecular formula is C18H23N3O2. The quantitative estimate of drug-likeness (QED) is 0.845. The van der Waals surface area contributed by atoms with Crippen molar-refractivity contribution in [1.29, 1.82) is 0 Å². The van der Waals surface area contributed by atoms with E-state index < -0.39 is 5.91 Å². The number of aryl methyl sites for hydroxylation is 1. The Balaban J connectivity index is 1.89. The third kappa shape index (κ3) is 2.14. The minimum absolute atomic E-state index is 0.0893. The number of primary amides is 1. The molecule has 23 heavy (non-hydrogen) atoms. The van der Waals surface area contributed by atoms with Crippen molar-refractivity contribution >= 4 is 5.91 Å². The summed E-state index contributed by atoms with van der Waals surface area (Å²) in [5, 5.41) is 0. The van der Waals surface area contributed by atoms with E-state index in [1.54, 1.807) is 7.11 Å². The lowest BCUT2D eigenvalue weighted by atomic mass is 9.73. The number of carbonyl (C=O) groups excluding carboxylic acids is 1. The van der Waals surface area contributed by atoms with Crippen molar-refractivity contribution in [1.82, 2.24) is 9.88 Å². The zero-order valence-corrected chi connectivity index (χ0v) is 13.5. The maximum Gasteiger partial charge on any atom is 0.267 e. The van der Waals surface area contributed by atoms with Gasteiger partial charge in [-0.15, -0.1) is 0 Å². The molecule has 122 valence electrons. The Morgan fingerprint density at radius 1 is 1.43 bits per heavy atom. The van der Waals surface area contributed by atoms with Gasteiger partial charge in [0.25, 0.3) is 5.91 Å². The van der Waals surface area contributed by atoms with Crippen LogP contribution in [0.2, 0.25) is 0 Å². The Morgan fingerprint density at radius 3 is 3.09 bits per heavy atom. The van der Waals surface area contributed by atoms with Gasteiger partial charge in [-0.05, 0) is 55.0 Å². The largest absolute Gasteiger partial charge is 0.381 e. The number of pyridine rings is 1. The van der Waals surface area contributed by atoms with Crippen LogP contribution in [-0.2, 0) is 16.7 Å². The summed E-state index contributed by atoms with van der Waals surface area (Å²) in [5.41, 5.74) is 9.69. The molecule has 0 bridgehead atoms. The zero-order chi connectivity index (χ0) is 16.0. The molecule has 1 aromatic heterocycles. The topological polar surface area (TPSA) is 68.5 Å². The second-order valence-corrected chi connectivity index (χ2v) is 6.82. The number of amides is 1. The number of fused-ring (bicyclic) bond motifs is 1. The summed E-state index contributed by atoms with van der Waals surface area (Å²) in [4.78, 5) is 18.5. The molecule has 3 aliphatic rings. The molecule has 1 saturated heterocycles. The number of nitrogens with zero attached hydrogens (tertiary/aromatic N) is 2. The molecule has 1 aliphatic carbocycles. The number of carbonyl (C=O) groups is 1. The second-order valence-electron chi connectivity index (χ2n) is 6.82. The fourth-order valence-electron chi connectivity index (χ4n) is 4.68. The first kappa shape index (κ1) is 14.8. The van der Waals surface area contributed by atoms with Gasteiger partial charge in [0.15, 0.2) is 0 Å². The van der Waals surface area contributed by atoms with Gasteiger partial charge in [-0.2, -0.15) is 0 Å². The fraction of sp³-hybridized carbons (Fsp3) is 0.556. The van der Waals surface area contributed by atoms with Crippen molar-refractivity contribution in [2.45, 2.75) is 43.7 Å². The molecule has 1 spiro atoms. The molecule has 5 heteroatoms. The lowest BCUT2D eigenvalue weighted by Gasteiger charge is -2.44. The smallest absolute Gasteiger partial charge is 0.267 e. The van der Waals surface area contributed by atoms with E-state index >= 15 is 0 Å². The van der Waals surface area contributed by atoms with Crippen molar-refractivity contribution in [2.75, 3.05) is 20.2 Å². The number of methoxy groups -OCH3 is 1. The highest BCUT2D eigenvalue weighted by Crippen LogP contribution is 2.51. The monoisotopic (exact) mass is 313 g/mol. The summed E-state index contributed by atoms with van der Waals surface area (Å²) in [7, 11) is 1.80.